The molecule has 1 aromatic carbocycles. The van der Waals surface area contributed by atoms with Crippen LogP contribution in [-0.2, 0) is 4.79 Å². The summed E-state index contributed by atoms with van der Waals surface area (Å²) in [5.74, 6) is 1.60. The van der Waals surface area contributed by atoms with Crippen LogP contribution in [0.5, 0.6) is 11.8 Å². The summed E-state index contributed by atoms with van der Waals surface area (Å²) < 4.78 is 11.8. The molecule has 1 fully saturated rings. The van der Waals surface area contributed by atoms with Gasteiger partial charge in [-0.15, -0.1) is 0 Å². The maximum atomic E-state index is 11.5. The molecule has 2 aromatic rings. The third-order valence-corrected chi connectivity index (χ3v) is 5.18. The second-order valence-corrected chi connectivity index (χ2v) is 7.48. The van der Waals surface area contributed by atoms with Gasteiger partial charge in [-0.3, -0.25) is 4.79 Å². The lowest BCUT2D eigenvalue weighted by atomic mass is 10.0. The topological polar surface area (TPSA) is 51.7 Å². The van der Waals surface area contributed by atoms with E-state index in [4.69, 9.17) is 9.47 Å². The number of piperidine rings is 1. The Labute approximate surface area is 174 Å². The standard InChI is InChI=1S/C24H32N2O3/c1-3-5-17-28-23-12-11-22(24(25-23)29-18-6-4-2)19-7-9-20(10-8-19)26-15-13-21(27)14-16-26/h7-12H,3-6,13-18H2,1-2H3. The number of ketones is 1. The predicted molar refractivity (Wildman–Crippen MR) is 117 cm³/mol. The Balaban J connectivity index is 1.77. The molecule has 29 heavy (non-hydrogen) atoms. The van der Waals surface area contributed by atoms with Gasteiger partial charge in [0.05, 0.1) is 13.2 Å². The van der Waals surface area contributed by atoms with Crippen molar-refractivity contribution in [3.8, 4) is 22.9 Å². The van der Waals surface area contributed by atoms with Crippen LogP contribution in [0.25, 0.3) is 11.1 Å². The number of anilines is 1. The van der Waals surface area contributed by atoms with Crippen LogP contribution in [0.1, 0.15) is 52.4 Å². The Kier molecular flexibility index (Phi) is 7.91. The highest BCUT2D eigenvalue weighted by Crippen LogP contribution is 2.32. The molecule has 0 spiro atoms. The van der Waals surface area contributed by atoms with E-state index in [1.165, 1.54) is 0 Å². The zero-order valence-electron chi connectivity index (χ0n) is 17.7. The summed E-state index contributed by atoms with van der Waals surface area (Å²) in [5, 5.41) is 0. The Morgan fingerprint density at radius 1 is 0.897 bits per heavy atom. The number of nitrogens with zero attached hydrogens (tertiary/aromatic N) is 2. The smallest absolute Gasteiger partial charge is 0.224 e. The molecular weight excluding hydrogens is 364 g/mol. The second-order valence-electron chi connectivity index (χ2n) is 7.48. The van der Waals surface area contributed by atoms with E-state index in [9.17, 15) is 4.79 Å². The molecule has 0 radical (unpaired) electrons. The molecule has 0 bridgehead atoms. The minimum atomic E-state index is 0.360. The van der Waals surface area contributed by atoms with Crippen molar-refractivity contribution < 1.29 is 14.3 Å². The van der Waals surface area contributed by atoms with Gasteiger partial charge in [0.1, 0.15) is 5.78 Å². The van der Waals surface area contributed by atoms with Gasteiger partial charge in [0.25, 0.3) is 0 Å². The third kappa shape index (κ3) is 5.96. The molecule has 0 unspecified atom stereocenters. The molecule has 1 aliphatic heterocycles. The summed E-state index contributed by atoms with van der Waals surface area (Å²) in [6.07, 6.45) is 5.46. The van der Waals surface area contributed by atoms with E-state index >= 15 is 0 Å². The first-order valence-corrected chi connectivity index (χ1v) is 10.8. The largest absolute Gasteiger partial charge is 0.478 e. The van der Waals surface area contributed by atoms with Gasteiger partial charge >= 0.3 is 0 Å². The molecule has 0 N–H and O–H groups in total. The fourth-order valence-corrected chi connectivity index (χ4v) is 3.33. The summed E-state index contributed by atoms with van der Waals surface area (Å²) in [6, 6.07) is 12.4. The highest BCUT2D eigenvalue weighted by Gasteiger charge is 2.17. The average Bonchev–Trinajstić information content (AvgIpc) is 2.75. The number of ether oxygens (including phenoxy) is 2. The van der Waals surface area contributed by atoms with Gasteiger partial charge in [-0.25, -0.2) is 0 Å². The lowest BCUT2D eigenvalue weighted by Crippen LogP contribution is -2.33. The monoisotopic (exact) mass is 396 g/mol. The van der Waals surface area contributed by atoms with Gasteiger partial charge in [-0.1, -0.05) is 38.8 Å². The molecule has 5 nitrogen and oxygen atoms in total. The van der Waals surface area contributed by atoms with Crippen molar-refractivity contribution in [3.05, 3.63) is 36.4 Å². The molecule has 0 aliphatic carbocycles. The molecule has 1 aliphatic rings. The van der Waals surface area contributed by atoms with Gasteiger partial charge < -0.3 is 14.4 Å². The number of aromatic nitrogens is 1. The maximum Gasteiger partial charge on any atom is 0.224 e. The lowest BCUT2D eigenvalue weighted by molar-refractivity contribution is -0.119. The van der Waals surface area contributed by atoms with Gasteiger partial charge in [0, 0.05) is 43.2 Å². The van der Waals surface area contributed by atoms with Crippen LogP contribution in [-0.4, -0.2) is 37.1 Å². The summed E-state index contributed by atoms with van der Waals surface area (Å²) in [5.41, 5.74) is 3.20. The SMILES string of the molecule is CCCCOc1ccc(-c2ccc(N3CCC(=O)CC3)cc2)c(OCCCC)n1. The van der Waals surface area contributed by atoms with Crippen LogP contribution in [0.2, 0.25) is 0 Å². The molecule has 156 valence electrons. The van der Waals surface area contributed by atoms with Crippen LogP contribution in [0.4, 0.5) is 5.69 Å². The summed E-state index contributed by atoms with van der Waals surface area (Å²) in [7, 11) is 0. The molecule has 0 amide bonds. The molecule has 0 saturated carbocycles. The Hall–Kier alpha value is -2.56. The summed E-state index contributed by atoms with van der Waals surface area (Å²) in [6.45, 7) is 7.21. The summed E-state index contributed by atoms with van der Waals surface area (Å²) in [4.78, 5) is 18.4. The molecular formula is C24H32N2O3. The molecule has 5 heteroatoms. The maximum absolute atomic E-state index is 11.5. The number of unbranched alkanes of at least 4 members (excludes halogenated alkanes) is 2. The highest BCUT2D eigenvalue weighted by molar-refractivity contribution is 5.81. The number of rotatable bonds is 10. The van der Waals surface area contributed by atoms with E-state index < -0.39 is 0 Å². The van der Waals surface area contributed by atoms with Crippen LogP contribution in [0.15, 0.2) is 36.4 Å². The number of Topliss-reactive ketones (excluding diaryl/α,β-unsaturated/α-hetero) is 1. The van der Waals surface area contributed by atoms with E-state index in [0.717, 1.165) is 55.6 Å². The van der Waals surface area contributed by atoms with Crippen molar-refractivity contribution in [1.29, 1.82) is 0 Å². The predicted octanol–water partition coefficient (Wildman–Crippen LogP) is 5.28. The fraction of sp³-hybridized carbons (Fsp3) is 0.500. The first-order chi connectivity index (χ1) is 14.2. The van der Waals surface area contributed by atoms with E-state index in [1.807, 2.05) is 12.1 Å². The zero-order chi connectivity index (χ0) is 20.5. The van der Waals surface area contributed by atoms with Gasteiger partial charge in [0.2, 0.25) is 11.8 Å². The van der Waals surface area contributed by atoms with Crippen molar-refractivity contribution in [2.24, 2.45) is 0 Å². The van der Waals surface area contributed by atoms with Crippen molar-refractivity contribution >= 4 is 11.5 Å². The number of hydrogen-bond donors (Lipinski definition) is 0. The quantitative estimate of drug-likeness (QED) is 0.512. The fourth-order valence-electron chi connectivity index (χ4n) is 3.33. The molecule has 1 saturated heterocycles. The number of pyridine rings is 1. The number of hydrogen-bond acceptors (Lipinski definition) is 5. The van der Waals surface area contributed by atoms with Crippen LogP contribution in [0.3, 0.4) is 0 Å². The van der Waals surface area contributed by atoms with Crippen LogP contribution >= 0.6 is 0 Å². The highest BCUT2D eigenvalue weighted by atomic mass is 16.5. The van der Waals surface area contributed by atoms with E-state index in [1.54, 1.807) is 0 Å². The van der Waals surface area contributed by atoms with Crippen LogP contribution < -0.4 is 14.4 Å². The minimum absolute atomic E-state index is 0.360. The zero-order valence-corrected chi connectivity index (χ0v) is 17.7. The van der Waals surface area contributed by atoms with E-state index in [2.05, 4.69) is 48.0 Å². The van der Waals surface area contributed by atoms with E-state index in [-0.39, 0.29) is 0 Å². The molecule has 2 heterocycles. The van der Waals surface area contributed by atoms with Gasteiger partial charge in [-0.2, -0.15) is 4.98 Å². The second kappa shape index (κ2) is 10.8. The Morgan fingerprint density at radius 2 is 1.55 bits per heavy atom. The van der Waals surface area contributed by atoms with Crippen molar-refractivity contribution in [2.75, 3.05) is 31.2 Å². The molecule has 0 atom stereocenters. The molecule has 1 aromatic heterocycles. The Morgan fingerprint density at radius 3 is 2.21 bits per heavy atom. The van der Waals surface area contributed by atoms with Crippen molar-refractivity contribution in [1.82, 2.24) is 4.98 Å². The minimum Gasteiger partial charge on any atom is -0.478 e. The first-order valence-electron chi connectivity index (χ1n) is 10.8. The number of carbonyl (C=O) groups is 1. The normalized spacial score (nSPS) is 14.1. The van der Waals surface area contributed by atoms with E-state index in [0.29, 0.717) is 43.6 Å². The van der Waals surface area contributed by atoms with Crippen molar-refractivity contribution in [2.45, 2.75) is 52.4 Å². The van der Waals surface area contributed by atoms with Gasteiger partial charge in [0.15, 0.2) is 0 Å². The lowest BCUT2D eigenvalue weighted by Gasteiger charge is -2.28. The first kappa shape index (κ1) is 21.2. The van der Waals surface area contributed by atoms with Crippen LogP contribution in [0, 0.1) is 0 Å². The summed E-state index contributed by atoms with van der Waals surface area (Å²) >= 11 is 0. The Bertz CT molecular complexity index is 779. The average molecular weight is 397 g/mol. The van der Waals surface area contributed by atoms with Crippen molar-refractivity contribution in [3.63, 3.8) is 0 Å². The molecule has 3 rings (SSSR count). The third-order valence-electron chi connectivity index (χ3n) is 5.18. The number of benzene rings is 1. The number of carbonyl (C=O) groups excluding carboxylic acids is 1. The van der Waals surface area contributed by atoms with Gasteiger partial charge in [-0.05, 0) is 36.6 Å².